The number of nitrogen functional groups attached to an aromatic ring is 1. The number of nitrogens with one attached hydrogen (secondary N) is 1. The second-order valence-corrected chi connectivity index (χ2v) is 7.50. The van der Waals surface area contributed by atoms with Crippen LogP contribution in [0.25, 0.3) is 0 Å². The van der Waals surface area contributed by atoms with Gasteiger partial charge in [0.1, 0.15) is 10.6 Å². The highest BCUT2D eigenvalue weighted by Gasteiger charge is 2.25. The third kappa shape index (κ3) is 3.12. The Hall–Kier alpha value is -2.74. The van der Waals surface area contributed by atoms with E-state index in [2.05, 4.69) is 4.72 Å². The van der Waals surface area contributed by atoms with Gasteiger partial charge in [-0.2, -0.15) is 0 Å². The molecule has 1 aliphatic heterocycles. The van der Waals surface area contributed by atoms with Crippen LogP contribution in [0, 0.1) is 0 Å². The molecule has 1 aliphatic rings. The van der Waals surface area contributed by atoms with E-state index in [0.717, 1.165) is 11.1 Å². The molecule has 0 bridgehead atoms. The van der Waals surface area contributed by atoms with Crippen LogP contribution in [-0.2, 0) is 27.8 Å². The number of anilines is 2. The smallest absolute Gasteiger partial charge is 0.265 e. The number of sulfonamides is 1. The maximum atomic E-state index is 12.7. The fourth-order valence-corrected chi connectivity index (χ4v) is 4.07. The maximum absolute atomic E-state index is 12.7. The van der Waals surface area contributed by atoms with E-state index in [4.69, 9.17) is 10.5 Å². The molecule has 0 unspecified atom stereocenters. The van der Waals surface area contributed by atoms with Crippen molar-refractivity contribution in [3.05, 3.63) is 47.5 Å². The van der Waals surface area contributed by atoms with E-state index in [1.807, 2.05) is 0 Å². The molecule has 3 rings (SSSR count). The minimum absolute atomic E-state index is 0.00857. The highest BCUT2D eigenvalue weighted by Crippen LogP contribution is 2.33. The lowest BCUT2D eigenvalue weighted by molar-refractivity contribution is -0.130. The summed E-state index contributed by atoms with van der Waals surface area (Å²) in [5, 5.41) is 0. The number of nitrogens with two attached hydrogens (primary N) is 1. The molecule has 3 N–H and O–H groups in total. The Labute approximate surface area is 146 Å². The number of fused-ring (bicyclic) bond motifs is 1. The van der Waals surface area contributed by atoms with Crippen LogP contribution in [0.5, 0.6) is 5.75 Å². The predicted octanol–water partition coefficient (Wildman–Crippen LogP) is 1.59. The molecule has 0 spiro atoms. The van der Waals surface area contributed by atoms with Gasteiger partial charge in [-0.05, 0) is 23.8 Å². The van der Waals surface area contributed by atoms with Gasteiger partial charge in [-0.25, -0.2) is 8.42 Å². The summed E-state index contributed by atoms with van der Waals surface area (Å²) in [5.74, 6) is 0.256. The molecule has 2 aromatic carbocycles. The number of methoxy groups -OCH3 is 1. The topological polar surface area (TPSA) is 102 Å². The molecule has 0 atom stereocenters. The van der Waals surface area contributed by atoms with Crippen molar-refractivity contribution in [1.82, 2.24) is 4.90 Å². The lowest BCUT2D eigenvalue weighted by Gasteiger charge is -2.27. The van der Waals surface area contributed by atoms with Crippen molar-refractivity contribution in [2.75, 3.05) is 24.6 Å². The molecule has 7 nitrogen and oxygen atoms in total. The van der Waals surface area contributed by atoms with Crippen LogP contribution < -0.4 is 15.2 Å². The van der Waals surface area contributed by atoms with E-state index in [-0.39, 0.29) is 28.7 Å². The molecule has 0 aromatic heterocycles. The number of hydrogen-bond acceptors (Lipinski definition) is 5. The Kier molecular flexibility index (Phi) is 4.30. The second kappa shape index (κ2) is 6.29. The number of para-hydroxylation sites is 1. The van der Waals surface area contributed by atoms with Crippen molar-refractivity contribution in [3.63, 3.8) is 0 Å². The molecule has 0 saturated carbocycles. The summed E-state index contributed by atoms with van der Waals surface area (Å²) in [6, 6.07) is 9.66. The first-order chi connectivity index (χ1) is 11.8. The lowest BCUT2D eigenvalue weighted by atomic mass is 9.97. The molecule has 1 heterocycles. The Balaban J connectivity index is 1.99. The summed E-state index contributed by atoms with van der Waals surface area (Å²) in [4.78, 5) is 13.4. The van der Waals surface area contributed by atoms with Crippen molar-refractivity contribution >= 4 is 27.3 Å². The van der Waals surface area contributed by atoms with Crippen molar-refractivity contribution in [3.8, 4) is 5.75 Å². The van der Waals surface area contributed by atoms with E-state index in [1.165, 1.54) is 13.2 Å². The van der Waals surface area contributed by atoms with Crippen LogP contribution in [0.15, 0.2) is 41.3 Å². The zero-order chi connectivity index (χ0) is 18.2. The van der Waals surface area contributed by atoms with Gasteiger partial charge in [-0.15, -0.1) is 0 Å². The van der Waals surface area contributed by atoms with Crippen LogP contribution in [0.2, 0.25) is 0 Å². The first-order valence-electron chi connectivity index (χ1n) is 7.63. The zero-order valence-corrected chi connectivity index (χ0v) is 14.8. The highest BCUT2D eigenvalue weighted by molar-refractivity contribution is 7.92. The number of likely N-dealkylation sites (N-methyl/N-ethyl adjacent to an activating group) is 1. The number of carbonyl (C=O) groups is 1. The normalized spacial score (nSPS) is 14.2. The Morgan fingerprint density at radius 2 is 1.92 bits per heavy atom. The average molecular weight is 361 g/mol. The Morgan fingerprint density at radius 3 is 2.64 bits per heavy atom. The molecule has 0 fully saturated rings. The molecule has 8 heteroatoms. The number of hydrogen-bond donors (Lipinski definition) is 2. The zero-order valence-electron chi connectivity index (χ0n) is 13.9. The van der Waals surface area contributed by atoms with Gasteiger partial charge >= 0.3 is 0 Å². The quantitative estimate of drug-likeness (QED) is 0.805. The summed E-state index contributed by atoms with van der Waals surface area (Å²) in [6.07, 6.45) is 0.259. The second-order valence-electron chi connectivity index (χ2n) is 5.85. The van der Waals surface area contributed by atoms with Crippen LogP contribution >= 0.6 is 0 Å². The van der Waals surface area contributed by atoms with Crippen molar-refractivity contribution < 1.29 is 17.9 Å². The molecule has 132 valence electrons. The number of benzene rings is 2. The Morgan fingerprint density at radius 1 is 1.20 bits per heavy atom. The minimum Gasteiger partial charge on any atom is -0.495 e. The van der Waals surface area contributed by atoms with Gasteiger partial charge in [0.05, 0.1) is 24.9 Å². The molecule has 0 aliphatic carbocycles. The van der Waals surface area contributed by atoms with Gasteiger partial charge in [0.15, 0.2) is 0 Å². The number of rotatable bonds is 4. The predicted molar refractivity (Wildman–Crippen MR) is 94.8 cm³/mol. The maximum Gasteiger partial charge on any atom is 0.265 e. The van der Waals surface area contributed by atoms with E-state index in [1.54, 1.807) is 42.3 Å². The molecule has 1 amide bonds. The summed E-state index contributed by atoms with van der Waals surface area (Å²) < 4.78 is 33.1. The van der Waals surface area contributed by atoms with E-state index in [9.17, 15) is 13.2 Å². The van der Waals surface area contributed by atoms with Crippen molar-refractivity contribution in [2.24, 2.45) is 0 Å². The summed E-state index contributed by atoms with van der Waals surface area (Å²) in [7, 11) is -0.763. The third-order valence-corrected chi connectivity index (χ3v) is 5.62. The van der Waals surface area contributed by atoms with Crippen molar-refractivity contribution in [1.29, 1.82) is 0 Å². The van der Waals surface area contributed by atoms with Crippen molar-refractivity contribution in [2.45, 2.75) is 17.9 Å². The van der Waals surface area contributed by atoms with Crippen LogP contribution in [0.3, 0.4) is 0 Å². The fraction of sp³-hybridized carbons (Fsp3) is 0.235. The number of carbonyl (C=O) groups excluding carboxylic acids is 1. The Bertz CT molecular complexity index is 941. The van der Waals surface area contributed by atoms with Gasteiger partial charge in [0.25, 0.3) is 10.0 Å². The van der Waals surface area contributed by atoms with E-state index in [0.29, 0.717) is 12.2 Å². The number of amides is 1. The molecular weight excluding hydrogens is 342 g/mol. The monoisotopic (exact) mass is 361 g/mol. The van der Waals surface area contributed by atoms with E-state index >= 15 is 0 Å². The summed E-state index contributed by atoms with van der Waals surface area (Å²) in [5.41, 5.74) is 8.37. The standard InChI is InChI=1S/C17H19N3O4S/c1-20-10-12-11(9-16(20)21)7-8-13(17(12)18)19-25(22,23)15-6-4-3-5-14(15)24-2/h3-8,19H,9-10,18H2,1-2H3. The molecule has 0 radical (unpaired) electrons. The number of ether oxygens (including phenoxy) is 1. The fourth-order valence-electron chi connectivity index (χ4n) is 2.81. The van der Waals surface area contributed by atoms with Gasteiger partial charge in [0, 0.05) is 19.2 Å². The summed E-state index contributed by atoms with van der Waals surface area (Å²) >= 11 is 0. The molecule has 25 heavy (non-hydrogen) atoms. The molecule has 0 saturated heterocycles. The molecule has 2 aromatic rings. The van der Waals surface area contributed by atoms with Gasteiger partial charge < -0.3 is 15.4 Å². The van der Waals surface area contributed by atoms with Gasteiger partial charge in [0.2, 0.25) is 5.91 Å². The first-order valence-corrected chi connectivity index (χ1v) is 9.12. The van der Waals surface area contributed by atoms with Gasteiger partial charge in [-0.3, -0.25) is 9.52 Å². The van der Waals surface area contributed by atoms with Crippen LogP contribution in [-0.4, -0.2) is 33.4 Å². The first kappa shape index (κ1) is 17.1. The third-order valence-electron chi connectivity index (χ3n) is 4.22. The largest absolute Gasteiger partial charge is 0.495 e. The summed E-state index contributed by atoms with van der Waals surface area (Å²) in [6.45, 7) is 0.351. The number of nitrogens with zero attached hydrogens (tertiary/aromatic N) is 1. The van der Waals surface area contributed by atoms with Crippen LogP contribution in [0.1, 0.15) is 11.1 Å². The SMILES string of the molecule is COc1ccccc1S(=O)(=O)Nc1ccc2c(c1N)CN(C)C(=O)C2. The lowest BCUT2D eigenvalue weighted by Crippen LogP contribution is -2.33. The van der Waals surface area contributed by atoms with E-state index < -0.39 is 10.0 Å². The minimum atomic E-state index is -3.86. The average Bonchev–Trinajstić information content (AvgIpc) is 2.59. The molecular formula is C17H19N3O4S. The van der Waals surface area contributed by atoms with Gasteiger partial charge in [-0.1, -0.05) is 18.2 Å². The van der Waals surface area contributed by atoms with Crippen LogP contribution in [0.4, 0.5) is 11.4 Å². The highest BCUT2D eigenvalue weighted by atomic mass is 32.2.